The van der Waals surface area contributed by atoms with E-state index < -0.39 is 21.6 Å². The van der Waals surface area contributed by atoms with Gasteiger partial charge in [0.25, 0.3) is 0 Å². The number of ketones is 1. The third kappa shape index (κ3) is 3.48. The number of sulfone groups is 1. The monoisotopic (exact) mass is 332 g/mol. The van der Waals surface area contributed by atoms with E-state index in [1.807, 2.05) is 0 Å². The summed E-state index contributed by atoms with van der Waals surface area (Å²) in [4.78, 5) is 24.2. The van der Waals surface area contributed by atoms with Gasteiger partial charge >= 0.3 is 5.97 Å². The highest BCUT2D eigenvalue weighted by Gasteiger charge is 2.24. The summed E-state index contributed by atoms with van der Waals surface area (Å²) in [5.74, 6) is -1.06. The van der Waals surface area contributed by atoms with Gasteiger partial charge in [0, 0.05) is 17.4 Å². The van der Waals surface area contributed by atoms with E-state index in [0.29, 0.717) is 11.1 Å². The Morgan fingerprint density at radius 3 is 2.13 bits per heavy atom. The number of methoxy groups -OCH3 is 1. The van der Waals surface area contributed by atoms with E-state index in [2.05, 4.69) is 4.74 Å². The fourth-order valence-electron chi connectivity index (χ4n) is 2.25. The Hall–Kier alpha value is -2.47. The predicted molar refractivity (Wildman–Crippen MR) is 85.5 cm³/mol. The molecule has 0 aromatic heterocycles. The standard InChI is InChI=1S/C17H16O5S/c1-11-9-14(16(18)12-7-5-4-6-8-12)15(23(3,20)21)10-13(11)17(19)22-2/h4-10H,1-3H3. The van der Waals surface area contributed by atoms with Crippen LogP contribution in [0, 0.1) is 6.92 Å². The normalized spacial score (nSPS) is 11.1. The Bertz CT molecular complexity index is 867. The SMILES string of the molecule is COC(=O)c1cc(S(C)(=O)=O)c(C(=O)c2ccccc2)cc1C. The fraction of sp³-hybridized carbons (Fsp3) is 0.176. The molecule has 0 aliphatic rings. The maximum Gasteiger partial charge on any atom is 0.338 e. The topological polar surface area (TPSA) is 77.5 Å². The van der Waals surface area contributed by atoms with Gasteiger partial charge in [-0.1, -0.05) is 30.3 Å². The van der Waals surface area contributed by atoms with Crippen LogP contribution in [0.25, 0.3) is 0 Å². The average molecular weight is 332 g/mol. The molecule has 2 rings (SSSR count). The van der Waals surface area contributed by atoms with Gasteiger partial charge < -0.3 is 4.74 Å². The minimum absolute atomic E-state index is 0.0452. The Morgan fingerprint density at radius 1 is 1.00 bits per heavy atom. The molecule has 0 aliphatic carbocycles. The lowest BCUT2D eigenvalue weighted by Gasteiger charge is -2.12. The summed E-state index contributed by atoms with van der Waals surface area (Å²) >= 11 is 0. The van der Waals surface area contributed by atoms with E-state index in [0.717, 1.165) is 6.26 Å². The van der Waals surface area contributed by atoms with Gasteiger partial charge in [-0.3, -0.25) is 4.79 Å². The number of hydrogen-bond acceptors (Lipinski definition) is 5. The van der Waals surface area contributed by atoms with Crippen LogP contribution in [0.5, 0.6) is 0 Å². The fourth-order valence-corrected chi connectivity index (χ4v) is 3.13. The Labute approximate surface area is 134 Å². The van der Waals surface area contributed by atoms with Crippen molar-refractivity contribution in [2.24, 2.45) is 0 Å². The van der Waals surface area contributed by atoms with E-state index in [4.69, 9.17) is 0 Å². The molecule has 5 nitrogen and oxygen atoms in total. The maximum absolute atomic E-state index is 12.6. The van der Waals surface area contributed by atoms with Crippen LogP contribution in [0.1, 0.15) is 31.8 Å². The third-order valence-electron chi connectivity index (χ3n) is 3.41. The van der Waals surface area contributed by atoms with Crippen LogP contribution in [-0.4, -0.2) is 33.5 Å². The summed E-state index contributed by atoms with van der Waals surface area (Å²) < 4.78 is 28.8. The quantitative estimate of drug-likeness (QED) is 0.635. The Balaban J connectivity index is 2.71. The average Bonchev–Trinajstić information content (AvgIpc) is 2.52. The second-order valence-corrected chi connectivity index (χ2v) is 7.11. The molecular formula is C17H16O5S. The summed E-state index contributed by atoms with van der Waals surface area (Å²) in [5.41, 5.74) is 1.02. The van der Waals surface area contributed by atoms with E-state index in [9.17, 15) is 18.0 Å². The third-order valence-corrected chi connectivity index (χ3v) is 4.55. The first-order valence-corrected chi connectivity index (χ1v) is 8.67. The molecular weight excluding hydrogens is 316 g/mol. The van der Waals surface area contributed by atoms with Gasteiger partial charge in [-0.05, 0) is 24.6 Å². The predicted octanol–water partition coefficient (Wildman–Crippen LogP) is 2.42. The molecule has 2 aromatic rings. The van der Waals surface area contributed by atoms with Crippen LogP contribution in [0.3, 0.4) is 0 Å². The largest absolute Gasteiger partial charge is 0.465 e. The highest BCUT2D eigenvalue weighted by atomic mass is 32.2. The highest BCUT2D eigenvalue weighted by molar-refractivity contribution is 7.90. The van der Waals surface area contributed by atoms with E-state index in [1.54, 1.807) is 37.3 Å². The summed E-state index contributed by atoms with van der Waals surface area (Å²) in [6.07, 6.45) is 1.00. The minimum Gasteiger partial charge on any atom is -0.465 e. The molecule has 0 heterocycles. The van der Waals surface area contributed by atoms with Gasteiger partial charge in [0.05, 0.1) is 17.6 Å². The van der Waals surface area contributed by atoms with Crippen molar-refractivity contribution >= 4 is 21.6 Å². The molecule has 0 saturated heterocycles. The molecule has 0 N–H and O–H groups in total. The lowest BCUT2D eigenvalue weighted by atomic mass is 9.98. The van der Waals surface area contributed by atoms with Gasteiger partial charge in [0.15, 0.2) is 15.6 Å². The summed E-state index contributed by atoms with van der Waals surface area (Å²) in [7, 11) is -2.48. The van der Waals surface area contributed by atoms with Crippen molar-refractivity contribution in [1.82, 2.24) is 0 Å². The molecule has 0 unspecified atom stereocenters. The molecule has 120 valence electrons. The first-order chi connectivity index (χ1) is 10.8. The number of esters is 1. The van der Waals surface area contributed by atoms with Gasteiger partial charge in [-0.2, -0.15) is 0 Å². The van der Waals surface area contributed by atoms with Crippen molar-refractivity contribution in [2.45, 2.75) is 11.8 Å². The number of benzene rings is 2. The number of aryl methyl sites for hydroxylation is 1. The molecule has 0 radical (unpaired) electrons. The minimum atomic E-state index is -3.70. The molecule has 0 saturated carbocycles. The van der Waals surface area contributed by atoms with Crippen LogP contribution in [0.2, 0.25) is 0 Å². The van der Waals surface area contributed by atoms with E-state index in [1.165, 1.54) is 19.2 Å². The zero-order chi connectivity index (χ0) is 17.2. The smallest absolute Gasteiger partial charge is 0.338 e. The lowest BCUT2D eigenvalue weighted by molar-refractivity contribution is 0.0599. The van der Waals surface area contributed by atoms with Gasteiger partial charge in [-0.15, -0.1) is 0 Å². The van der Waals surface area contributed by atoms with E-state index in [-0.39, 0.29) is 16.0 Å². The molecule has 0 aliphatic heterocycles. The molecule has 0 amide bonds. The number of ether oxygens (including phenoxy) is 1. The van der Waals surface area contributed by atoms with Crippen molar-refractivity contribution < 1.29 is 22.7 Å². The molecule has 6 heteroatoms. The zero-order valence-electron chi connectivity index (χ0n) is 13.0. The van der Waals surface area contributed by atoms with Crippen molar-refractivity contribution in [3.05, 3.63) is 64.7 Å². The maximum atomic E-state index is 12.6. The highest BCUT2D eigenvalue weighted by Crippen LogP contribution is 2.24. The van der Waals surface area contributed by atoms with Gasteiger partial charge in [0.1, 0.15) is 0 Å². The van der Waals surface area contributed by atoms with Crippen LogP contribution in [0.4, 0.5) is 0 Å². The second kappa shape index (κ2) is 6.34. The molecule has 2 aromatic carbocycles. The van der Waals surface area contributed by atoms with E-state index >= 15 is 0 Å². The number of carbonyl (C=O) groups is 2. The van der Waals surface area contributed by atoms with Crippen molar-refractivity contribution in [2.75, 3.05) is 13.4 Å². The Kier molecular flexibility index (Phi) is 4.65. The molecule has 0 fully saturated rings. The Morgan fingerprint density at radius 2 is 1.61 bits per heavy atom. The number of rotatable bonds is 4. The van der Waals surface area contributed by atoms with Crippen LogP contribution < -0.4 is 0 Å². The number of hydrogen-bond donors (Lipinski definition) is 0. The van der Waals surface area contributed by atoms with Crippen molar-refractivity contribution in [3.63, 3.8) is 0 Å². The van der Waals surface area contributed by atoms with Gasteiger partial charge in [-0.25, -0.2) is 13.2 Å². The summed E-state index contributed by atoms with van der Waals surface area (Å²) in [6, 6.07) is 11.0. The molecule has 0 atom stereocenters. The number of carbonyl (C=O) groups excluding carboxylic acids is 2. The molecule has 23 heavy (non-hydrogen) atoms. The molecule has 0 spiro atoms. The molecule has 0 bridgehead atoms. The summed E-state index contributed by atoms with van der Waals surface area (Å²) in [6.45, 7) is 1.63. The zero-order valence-corrected chi connectivity index (χ0v) is 13.8. The summed E-state index contributed by atoms with van der Waals surface area (Å²) in [5, 5.41) is 0. The first-order valence-electron chi connectivity index (χ1n) is 6.78. The second-order valence-electron chi connectivity index (χ2n) is 5.12. The first kappa shape index (κ1) is 16.9. The van der Waals surface area contributed by atoms with Crippen molar-refractivity contribution in [3.8, 4) is 0 Å². The van der Waals surface area contributed by atoms with Crippen LogP contribution in [-0.2, 0) is 14.6 Å². The van der Waals surface area contributed by atoms with Crippen LogP contribution >= 0.6 is 0 Å². The van der Waals surface area contributed by atoms with Crippen molar-refractivity contribution in [1.29, 1.82) is 0 Å². The van der Waals surface area contributed by atoms with Crippen LogP contribution in [0.15, 0.2) is 47.4 Å². The van der Waals surface area contributed by atoms with Gasteiger partial charge in [0.2, 0.25) is 0 Å². The lowest BCUT2D eigenvalue weighted by Crippen LogP contribution is -2.13.